The number of rotatable bonds is 8. The number of unbranched alkanes of at least 4 members (excludes halogenated alkanes) is 3. The van der Waals surface area contributed by atoms with Gasteiger partial charge in [0.2, 0.25) is 0 Å². The molecule has 0 bridgehead atoms. The number of nitrogens with zero attached hydrogens (tertiary/aromatic N) is 1. The molecule has 1 aliphatic carbocycles. The topological polar surface area (TPSA) is 12.9 Å². The molecule has 1 heteroatoms. The Hall–Kier alpha value is -1.63. The van der Waals surface area contributed by atoms with Crippen molar-refractivity contribution >= 4 is 0 Å². The van der Waals surface area contributed by atoms with Crippen LogP contribution in [-0.2, 0) is 6.42 Å². The first-order valence-electron chi connectivity index (χ1n) is 10.9. The van der Waals surface area contributed by atoms with Crippen molar-refractivity contribution < 1.29 is 0 Å². The fraction of sp³-hybridized carbons (Fsp3) is 0.560. The summed E-state index contributed by atoms with van der Waals surface area (Å²) in [7, 11) is 0. The molecule has 1 aromatic heterocycles. The van der Waals surface area contributed by atoms with E-state index in [1.165, 1.54) is 86.6 Å². The van der Waals surface area contributed by atoms with Crippen LogP contribution in [0.15, 0.2) is 42.6 Å². The molecule has 0 spiro atoms. The highest BCUT2D eigenvalue weighted by Gasteiger charge is 2.22. The lowest BCUT2D eigenvalue weighted by atomic mass is 9.79. The van der Waals surface area contributed by atoms with Gasteiger partial charge in [0, 0.05) is 23.4 Å². The van der Waals surface area contributed by atoms with Gasteiger partial charge in [-0.25, -0.2) is 0 Å². The molecule has 2 aromatic rings. The van der Waals surface area contributed by atoms with Crippen LogP contribution in [0.4, 0.5) is 0 Å². The molecule has 0 amide bonds. The summed E-state index contributed by atoms with van der Waals surface area (Å²) < 4.78 is 0. The first-order chi connectivity index (χ1) is 12.8. The van der Waals surface area contributed by atoms with Crippen molar-refractivity contribution in [2.45, 2.75) is 84.0 Å². The molecule has 1 heterocycles. The summed E-state index contributed by atoms with van der Waals surface area (Å²) in [6, 6.07) is 13.6. The lowest BCUT2D eigenvalue weighted by Gasteiger charge is -2.27. The average Bonchev–Trinajstić information content (AvgIpc) is 2.72. The summed E-state index contributed by atoms with van der Waals surface area (Å²) in [5.41, 5.74) is 5.29. The highest BCUT2D eigenvalue weighted by atomic mass is 14.7. The Morgan fingerprint density at radius 2 is 1.54 bits per heavy atom. The highest BCUT2D eigenvalue weighted by Crippen LogP contribution is 2.36. The van der Waals surface area contributed by atoms with Crippen LogP contribution in [0.3, 0.4) is 0 Å². The lowest BCUT2D eigenvalue weighted by Crippen LogP contribution is -2.13. The molecular weight excluding hydrogens is 314 g/mol. The molecule has 1 saturated carbocycles. The summed E-state index contributed by atoms with van der Waals surface area (Å²) in [5.74, 6) is 1.63. The Morgan fingerprint density at radius 1 is 0.808 bits per heavy atom. The minimum atomic E-state index is 0.678. The molecule has 140 valence electrons. The SMILES string of the molecule is CCCCCCc1ccc(-c2ccc(C3CCC(CC)CC3)nc2)cc1. The number of aromatic nitrogens is 1. The first-order valence-corrected chi connectivity index (χ1v) is 10.9. The van der Waals surface area contributed by atoms with Crippen molar-refractivity contribution in [3.63, 3.8) is 0 Å². The van der Waals surface area contributed by atoms with Gasteiger partial charge in [-0.05, 0) is 61.6 Å². The maximum Gasteiger partial charge on any atom is 0.0434 e. The summed E-state index contributed by atoms with van der Waals surface area (Å²) >= 11 is 0. The predicted molar refractivity (Wildman–Crippen MR) is 113 cm³/mol. The molecule has 3 rings (SSSR count). The van der Waals surface area contributed by atoms with E-state index in [2.05, 4.69) is 56.4 Å². The third kappa shape index (κ3) is 5.19. The minimum absolute atomic E-state index is 0.678. The molecule has 0 unspecified atom stereocenters. The van der Waals surface area contributed by atoms with Crippen molar-refractivity contribution in [1.82, 2.24) is 4.98 Å². The number of pyridine rings is 1. The molecule has 0 aliphatic heterocycles. The summed E-state index contributed by atoms with van der Waals surface area (Å²) in [6.07, 6.45) is 15.3. The average molecular weight is 350 g/mol. The smallest absolute Gasteiger partial charge is 0.0434 e. The van der Waals surface area contributed by atoms with Crippen LogP contribution in [-0.4, -0.2) is 4.98 Å². The number of hydrogen-bond acceptors (Lipinski definition) is 1. The molecule has 26 heavy (non-hydrogen) atoms. The van der Waals surface area contributed by atoms with Crippen molar-refractivity contribution in [3.8, 4) is 11.1 Å². The van der Waals surface area contributed by atoms with Gasteiger partial charge < -0.3 is 0 Å². The molecule has 1 nitrogen and oxygen atoms in total. The summed E-state index contributed by atoms with van der Waals surface area (Å²) in [5, 5.41) is 0. The van der Waals surface area contributed by atoms with Crippen molar-refractivity contribution in [1.29, 1.82) is 0 Å². The fourth-order valence-electron chi connectivity index (χ4n) is 4.30. The lowest BCUT2D eigenvalue weighted by molar-refractivity contribution is 0.315. The zero-order chi connectivity index (χ0) is 18.2. The van der Waals surface area contributed by atoms with Crippen LogP contribution in [0.25, 0.3) is 11.1 Å². The van der Waals surface area contributed by atoms with Gasteiger partial charge in [0.15, 0.2) is 0 Å². The van der Waals surface area contributed by atoms with Crippen LogP contribution < -0.4 is 0 Å². The molecule has 0 N–H and O–H groups in total. The van der Waals surface area contributed by atoms with E-state index >= 15 is 0 Å². The van der Waals surface area contributed by atoms with Gasteiger partial charge >= 0.3 is 0 Å². The molecular formula is C25H35N. The Balaban J connectivity index is 1.56. The van der Waals surface area contributed by atoms with E-state index in [0.717, 1.165) is 5.92 Å². The Bertz CT molecular complexity index is 633. The zero-order valence-corrected chi connectivity index (χ0v) is 16.7. The summed E-state index contributed by atoms with van der Waals surface area (Å²) in [4.78, 5) is 4.82. The highest BCUT2D eigenvalue weighted by molar-refractivity contribution is 5.62. The van der Waals surface area contributed by atoms with Gasteiger partial charge in [-0.1, -0.05) is 69.9 Å². The van der Waals surface area contributed by atoms with Crippen molar-refractivity contribution in [3.05, 3.63) is 53.9 Å². The van der Waals surface area contributed by atoms with E-state index in [1.807, 2.05) is 0 Å². The van der Waals surface area contributed by atoms with Crippen molar-refractivity contribution in [2.75, 3.05) is 0 Å². The van der Waals surface area contributed by atoms with E-state index in [9.17, 15) is 0 Å². The van der Waals surface area contributed by atoms with Crippen LogP contribution in [0.1, 0.15) is 88.8 Å². The monoisotopic (exact) mass is 349 g/mol. The van der Waals surface area contributed by atoms with Crippen LogP contribution in [0.5, 0.6) is 0 Å². The second kappa shape index (κ2) is 9.90. The van der Waals surface area contributed by atoms with E-state index in [4.69, 9.17) is 4.98 Å². The maximum atomic E-state index is 4.82. The second-order valence-electron chi connectivity index (χ2n) is 8.11. The quantitative estimate of drug-likeness (QED) is 0.448. The van der Waals surface area contributed by atoms with Gasteiger partial charge in [-0.15, -0.1) is 0 Å². The fourth-order valence-corrected chi connectivity index (χ4v) is 4.30. The molecule has 0 saturated heterocycles. The van der Waals surface area contributed by atoms with Gasteiger partial charge in [-0.2, -0.15) is 0 Å². The molecule has 0 atom stereocenters. The number of aryl methyl sites for hydroxylation is 1. The third-order valence-electron chi connectivity index (χ3n) is 6.24. The standard InChI is InChI=1S/C25H35N/c1-3-5-6-7-8-21-11-13-22(14-12-21)24-17-18-25(26-19-24)23-15-9-20(4-2)10-16-23/h11-14,17-20,23H,3-10,15-16H2,1-2H3. The van der Waals surface area contributed by atoms with Crippen LogP contribution >= 0.6 is 0 Å². The first kappa shape index (κ1) is 19.1. The van der Waals surface area contributed by atoms with Gasteiger partial charge in [-0.3, -0.25) is 4.98 Å². The van der Waals surface area contributed by atoms with E-state index in [0.29, 0.717) is 5.92 Å². The minimum Gasteiger partial charge on any atom is -0.260 e. The largest absolute Gasteiger partial charge is 0.260 e. The second-order valence-corrected chi connectivity index (χ2v) is 8.11. The van der Waals surface area contributed by atoms with Crippen LogP contribution in [0, 0.1) is 5.92 Å². The number of benzene rings is 1. The van der Waals surface area contributed by atoms with E-state index in [-0.39, 0.29) is 0 Å². The van der Waals surface area contributed by atoms with Crippen LogP contribution in [0.2, 0.25) is 0 Å². The van der Waals surface area contributed by atoms with Crippen molar-refractivity contribution in [2.24, 2.45) is 5.92 Å². The van der Waals surface area contributed by atoms with E-state index < -0.39 is 0 Å². The number of hydrogen-bond donors (Lipinski definition) is 0. The van der Waals surface area contributed by atoms with Gasteiger partial charge in [0.1, 0.15) is 0 Å². The summed E-state index contributed by atoms with van der Waals surface area (Å²) in [6.45, 7) is 4.60. The molecule has 1 fully saturated rings. The van der Waals surface area contributed by atoms with Gasteiger partial charge in [0.25, 0.3) is 0 Å². The van der Waals surface area contributed by atoms with Gasteiger partial charge in [0.05, 0.1) is 0 Å². The molecule has 1 aromatic carbocycles. The Morgan fingerprint density at radius 3 is 2.15 bits per heavy atom. The third-order valence-corrected chi connectivity index (χ3v) is 6.24. The molecule has 1 aliphatic rings. The normalized spacial score (nSPS) is 20.2. The Labute approximate surface area is 160 Å². The molecule has 0 radical (unpaired) electrons. The zero-order valence-electron chi connectivity index (χ0n) is 16.7. The van der Waals surface area contributed by atoms with E-state index in [1.54, 1.807) is 0 Å². The maximum absolute atomic E-state index is 4.82. The predicted octanol–water partition coefficient (Wildman–Crippen LogP) is 7.56. The Kier molecular flexibility index (Phi) is 7.29.